The summed E-state index contributed by atoms with van der Waals surface area (Å²) in [6, 6.07) is 17.3. The van der Waals surface area contributed by atoms with Gasteiger partial charge in [-0.3, -0.25) is 14.3 Å². The molecule has 3 unspecified atom stereocenters. The molecule has 2 amide bonds. The summed E-state index contributed by atoms with van der Waals surface area (Å²) in [5.74, 6) is 2.02. The molecule has 3 atom stereocenters. The predicted molar refractivity (Wildman–Crippen MR) is 175 cm³/mol. The Bertz CT molecular complexity index is 1570. The number of carbonyl (C=O) groups excluding carboxylic acids is 2. The van der Waals surface area contributed by atoms with Crippen LogP contribution in [0.15, 0.2) is 71.5 Å². The van der Waals surface area contributed by atoms with Crippen LogP contribution in [0.1, 0.15) is 87.3 Å². The molecule has 0 saturated heterocycles. The highest BCUT2D eigenvalue weighted by atomic mass is 16.5. The van der Waals surface area contributed by atoms with Crippen molar-refractivity contribution < 1.29 is 23.5 Å². The van der Waals surface area contributed by atoms with Crippen LogP contribution < -0.4 is 20.1 Å². The molecule has 2 aromatic heterocycles. The number of methoxy groups -OCH3 is 1. The third-order valence-electron chi connectivity index (χ3n) is 8.37. The highest BCUT2D eigenvalue weighted by Gasteiger charge is 2.29. The second-order valence-corrected chi connectivity index (χ2v) is 12.6. The Morgan fingerprint density at radius 1 is 1.09 bits per heavy atom. The Morgan fingerprint density at radius 2 is 1.89 bits per heavy atom. The molecule has 0 bridgehead atoms. The lowest BCUT2D eigenvalue weighted by Crippen LogP contribution is -2.40. The Hall–Kier alpha value is -4.60. The first-order valence-electron chi connectivity index (χ1n) is 16.2. The van der Waals surface area contributed by atoms with E-state index >= 15 is 0 Å². The third-order valence-corrected chi connectivity index (χ3v) is 8.37. The topological polar surface area (TPSA) is 121 Å². The Labute approximate surface area is 270 Å². The van der Waals surface area contributed by atoms with E-state index in [9.17, 15) is 9.59 Å². The van der Waals surface area contributed by atoms with Crippen LogP contribution in [0.4, 0.5) is 0 Å². The third kappa shape index (κ3) is 8.56. The fourth-order valence-electron chi connectivity index (χ4n) is 6.22. The molecular formula is C36H45N5O5. The van der Waals surface area contributed by atoms with Crippen LogP contribution in [0.25, 0.3) is 11.3 Å². The van der Waals surface area contributed by atoms with E-state index in [1.807, 2.05) is 59.3 Å². The number of hydrogen-bond acceptors (Lipinski definition) is 7. The summed E-state index contributed by atoms with van der Waals surface area (Å²) >= 11 is 0. The Balaban J connectivity index is 1.43. The molecule has 1 fully saturated rings. The molecule has 2 aromatic carbocycles. The van der Waals surface area contributed by atoms with Gasteiger partial charge >= 0.3 is 0 Å². The van der Waals surface area contributed by atoms with Crippen LogP contribution >= 0.6 is 0 Å². The number of ether oxygens (including phenoxy) is 2. The van der Waals surface area contributed by atoms with E-state index in [4.69, 9.17) is 19.0 Å². The van der Waals surface area contributed by atoms with Crippen LogP contribution in [0.5, 0.6) is 11.5 Å². The fraction of sp³-hybridized carbons (Fsp3) is 0.444. The van der Waals surface area contributed by atoms with Gasteiger partial charge in [0.05, 0.1) is 37.2 Å². The Kier molecular flexibility index (Phi) is 11.1. The zero-order valence-electron chi connectivity index (χ0n) is 27.2. The molecule has 4 aromatic rings. The van der Waals surface area contributed by atoms with Gasteiger partial charge in [0.25, 0.3) is 5.91 Å². The van der Waals surface area contributed by atoms with E-state index in [1.54, 1.807) is 7.11 Å². The molecule has 46 heavy (non-hydrogen) atoms. The van der Waals surface area contributed by atoms with Gasteiger partial charge in [-0.15, -0.1) is 0 Å². The largest absolute Gasteiger partial charge is 0.496 e. The van der Waals surface area contributed by atoms with Crippen molar-refractivity contribution in [3.63, 3.8) is 0 Å². The molecule has 0 aliphatic heterocycles. The Morgan fingerprint density at radius 3 is 2.61 bits per heavy atom. The number of nitrogens with one attached hydrogen (secondary N) is 2. The molecule has 244 valence electrons. The van der Waals surface area contributed by atoms with Gasteiger partial charge in [0, 0.05) is 12.5 Å². The SMILES string of the molecule is COc1cccc(OCc2ccccc2)c1-c1cc(C(=O)NC(CC(=O)NCc2ncco2)CC(C)C)nn1C1CCCC(C)C1. The number of rotatable bonds is 14. The van der Waals surface area contributed by atoms with E-state index in [2.05, 4.69) is 36.4 Å². The summed E-state index contributed by atoms with van der Waals surface area (Å²) in [7, 11) is 1.64. The number of aromatic nitrogens is 3. The van der Waals surface area contributed by atoms with Gasteiger partial charge < -0.3 is 24.5 Å². The molecule has 5 rings (SSSR count). The number of hydrogen-bond donors (Lipinski definition) is 2. The summed E-state index contributed by atoms with van der Waals surface area (Å²) in [4.78, 5) is 30.7. The second kappa shape index (κ2) is 15.6. The van der Waals surface area contributed by atoms with Crippen LogP contribution in [0.3, 0.4) is 0 Å². The molecule has 10 nitrogen and oxygen atoms in total. The van der Waals surface area contributed by atoms with Crippen LogP contribution in [0.2, 0.25) is 0 Å². The quantitative estimate of drug-likeness (QED) is 0.159. The average Bonchev–Trinajstić information content (AvgIpc) is 3.73. The minimum Gasteiger partial charge on any atom is -0.496 e. The lowest BCUT2D eigenvalue weighted by atomic mass is 9.87. The van der Waals surface area contributed by atoms with E-state index in [-0.39, 0.29) is 42.8 Å². The first-order chi connectivity index (χ1) is 22.3. The zero-order chi connectivity index (χ0) is 32.5. The van der Waals surface area contributed by atoms with Crippen molar-refractivity contribution in [3.05, 3.63) is 84.2 Å². The molecule has 0 radical (unpaired) electrons. The van der Waals surface area contributed by atoms with Gasteiger partial charge in [-0.1, -0.05) is 70.0 Å². The summed E-state index contributed by atoms with van der Waals surface area (Å²) in [6.07, 6.45) is 7.96. The van der Waals surface area contributed by atoms with E-state index in [0.717, 1.165) is 36.1 Å². The standard InChI is InChI=1S/C36H45N5O5/c1-24(2)18-27(20-33(42)38-22-34-37-16-17-45-34)39-36(43)29-21-30(41(40-29)28-13-8-10-25(3)19-28)35-31(44-4)14-9-15-32(35)46-23-26-11-6-5-7-12-26/h5-7,9,11-12,14-17,21,24-25,27-28H,8,10,13,18-20,22-23H2,1-4H3,(H,38,42)(H,39,43). The summed E-state index contributed by atoms with van der Waals surface area (Å²) < 4.78 is 19.4. The van der Waals surface area contributed by atoms with Gasteiger partial charge in [-0.05, 0) is 54.9 Å². The lowest BCUT2D eigenvalue weighted by Gasteiger charge is -2.29. The molecule has 0 spiro atoms. The molecule has 2 heterocycles. The van der Waals surface area contributed by atoms with Crippen molar-refractivity contribution >= 4 is 11.8 Å². The van der Waals surface area contributed by atoms with Gasteiger partial charge in [-0.2, -0.15) is 5.10 Å². The van der Waals surface area contributed by atoms with Crippen LogP contribution in [-0.2, 0) is 17.9 Å². The summed E-state index contributed by atoms with van der Waals surface area (Å²) in [5, 5.41) is 10.9. The maximum absolute atomic E-state index is 13.9. The molecule has 2 N–H and O–H groups in total. The number of nitrogens with zero attached hydrogens (tertiary/aromatic N) is 3. The maximum atomic E-state index is 13.9. The van der Waals surface area contributed by atoms with E-state index in [1.165, 1.54) is 18.9 Å². The molecule has 1 aliphatic carbocycles. The minimum atomic E-state index is -0.378. The smallest absolute Gasteiger partial charge is 0.272 e. The first kappa shape index (κ1) is 32.8. The highest BCUT2D eigenvalue weighted by molar-refractivity contribution is 5.94. The van der Waals surface area contributed by atoms with Gasteiger partial charge in [0.15, 0.2) is 5.69 Å². The normalized spacial score (nSPS) is 17.0. The molecular weight excluding hydrogens is 582 g/mol. The van der Waals surface area contributed by atoms with Crippen molar-refractivity contribution in [2.45, 2.75) is 84.5 Å². The molecule has 1 saturated carbocycles. The van der Waals surface area contributed by atoms with Crippen molar-refractivity contribution in [1.82, 2.24) is 25.4 Å². The van der Waals surface area contributed by atoms with Gasteiger partial charge in [-0.25, -0.2) is 4.98 Å². The highest BCUT2D eigenvalue weighted by Crippen LogP contribution is 2.42. The van der Waals surface area contributed by atoms with Gasteiger partial charge in [0.2, 0.25) is 11.8 Å². The van der Waals surface area contributed by atoms with Crippen molar-refractivity contribution in [2.24, 2.45) is 11.8 Å². The van der Waals surface area contributed by atoms with E-state index < -0.39 is 0 Å². The van der Waals surface area contributed by atoms with Gasteiger partial charge in [0.1, 0.15) is 24.4 Å². The second-order valence-electron chi connectivity index (χ2n) is 12.6. The number of amides is 2. The fourth-order valence-corrected chi connectivity index (χ4v) is 6.22. The van der Waals surface area contributed by atoms with E-state index in [0.29, 0.717) is 42.0 Å². The lowest BCUT2D eigenvalue weighted by molar-refractivity contribution is -0.121. The van der Waals surface area contributed by atoms with Crippen LogP contribution in [0, 0.1) is 11.8 Å². The molecule has 1 aliphatic rings. The number of benzene rings is 2. The van der Waals surface area contributed by atoms with Crippen molar-refractivity contribution in [1.29, 1.82) is 0 Å². The first-order valence-corrected chi connectivity index (χ1v) is 16.2. The minimum absolute atomic E-state index is 0.125. The summed E-state index contributed by atoms with van der Waals surface area (Å²) in [6.45, 7) is 6.98. The monoisotopic (exact) mass is 627 g/mol. The zero-order valence-corrected chi connectivity index (χ0v) is 27.2. The number of carbonyl (C=O) groups is 2. The maximum Gasteiger partial charge on any atom is 0.272 e. The average molecular weight is 628 g/mol. The number of oxazole rings is 1. The summed E-state index contributed by atoms with van der Waals surface area (Å²) in [5.41, 5.74) is 2.87. The molecule has 10 heteroatoms. The van der Waals surface area contributed by atoms with Crippen molar-refractivity contribution in [3.8, 4) is 22.8 Å². The van der Waals surface area contributed by atoms with Crippen molar-refractivity contribution in [2.75, 3.05) is 7.11 Å². The predicted octanol–water partition coefficient (Wildman–Crippen LogP) is 6.73. The van der Waals surface area contributed by atoms with Crippen LogP contribution in [-0.4, -0.2) is 39.7 Å².